The SMILES string of the molecule is CCOc1cccc(NC(=NCC(C)C)NN)c1. The highest BCUT2D eigenvalue weighted by atomic mass is 16.5. The van der Waals surface area contributed by atoms with E-state index in [1.165, 1.54) is 0 Å². The number of hydrazine groups is 1. The van der Waals surface area contributed by atoms with Crippen LogP contribution >= 0.6 is 0 Å². The van der Waals surface area contributed by atoms with Gasteiger partial charge in [0.25, 0.3) is 0 Å². The van der Waals surface area contributed by atoms with Crippen molar-refractivity contribution in [3.8, 4) is 5.75 Å². The Bertz CT molecular complexity index is 390. The van der Waals surface area contributed by atoms with E-state index < -0.39 is 0 Å². The molecule has 0 bridgehead atoms. The van der Waals surface area contributed by atoms with Crippen LogP contribution in [0.3, 0.4) is 0 Å². The number of aliphatic imine (C=N–C) groups is 1. The van der Waals surface area contributed by atoms with Crippen molar-refractivity contribution in [3.63, 3.8) is 0 Å². The van der Waals surface area contributed by atoms with Gasteiger partial charge in [0, 0.05) is 18.3 Å². The van der Waals surface area contributed by atoms with Crippen LogP contribution in [0.25, 0.3) is 0 Å². The molecule has 1 rings (SSSR count). The Morgan fingerprint density at radius 2 is 2.22 bits per heavy atom. The molecule has 1 aromatic rings. The largest absolute Gasteiger partial charge is 0.494 e. The zero-order chi connectivity index (χ0) is 13.4. The average molecular weight is 250 g/mol. The molecule has 5 heteroatoms. The molecule has 1 aromatic carbocycles. The van der Waals surface area contributed by atoms with Crippen molar-refractivity contribution in [1.82, 2.24) is 5.43 Å². The first-order chi connectivity index (χ1) is 8.65. The van der Waals surface area contributed by atoms with E-state index in [-0.39, 0.29) is 0 Å². The maximum atomic E-state index is 5.43. The number of nitrogens with zero attached hydrogens (tertiary/aromatic N) is 1. The van der Waals surface area contributed by atoms with Gasteiger partial charge in [-0.15, -0.1) is 0 Å². The van der Waals surface area contributed by atoms with Crippen LogP contribution in [0.5, 0.6) is 5.75 Å². The topological polar surface area (TPSA) is 71.7 Å². The maximum absolute atomic E-state index is 5.43. The Kier molecular flexibility index (Phi) is 6.00. The number of rotatable bonds is 5. The van der Waals surface area contributed by atoms with Crippen LogP contribution in [-0.4, -0.2) is 19.1 Å². The fraction of sp³-hybridized carbons (Fsp3) is 0.462. The number of nitrogens with two attached hydrogens (primary N) is 1. The second-order valence-electron chi connectivity index (χ2n) is 4.31. The normalized spacial score (nSPS) is 11.5. The first-order valence-electron chi connectivity index (χ1n) is 6.16. The number of ether oxygens (including phenoxy) is 1. The highest BCUT2D eigenvalue weighted by molar-refractivity contribution is 5.93. The zero-order valence-corrected chi connectivity index (χ0v) is 11.2. The van der Waals surface area contributed by atoms with Gasteiger partial charge >= 0.3 is 0 Å². The summed E-state index contributed by atoms with van der Waals surface area (Å²) in [7, 11) is 0. The van der Waals surface area contributed by atoms with Crippen LogP contribution in [0.1, 0.15) is 20.8 Å². The Balaban J connectivity index is 2.69. The summed E-state index contributed by atoms with van der Waals surface area (Å²) in [4.78, 5) is 4.34. The zero-order valence-electron chi connectivity index (χ0n) is 11.2. The van der Waals surface area contributed by atoms with Gasteiger partial charge in [-0.1, -0.05) is 19.9 Å². The second-order valence-corrected chi connectivity index (χ2v) is 4.31. The van der Waals surface area contributed by atoms with Crippen molar-refractivity contribution < 1.29 is 4.74 Å². The molecule has 0 spiro atoms. The van der Waals surface area contributed by atoms with Crippen molar-refractivity contribution in [3.05, 3.63) is 24.3 Å². The Hall–Kier alpha value is -1.75. The number of benzene rings is 1. The molecule has 0 saturated carbocycles. The van der Waals surface area contributed by atoms with Crippen LogP contribution in [-0.2, 0) is 0 Å². The number of hydrogen-bond acceptors (Lipinski definition) is 3. The third-order valence-corrected chi connectivity index (χ3v) is 2.16. The monoisotopic (exact) mass is 250 g/mol. The van der Waals surface area contributed by atoms with Gasteiger partial charge in [0.1, 0.15) is 5.75 Å². The average Bonchev–Trinajstić information content (AvgIpc) is 2.35. The minimum Gasteiger partial charge on any atom is -0.494 e. The van der Waals surface area contributed by atoms with Crippen molar-refractivity contribution in [2.24, 2.45) is 16.8 Å². The molecule has 5 nitrogen and oxygen atoms in total. The molecule has 0 fully saturated rings. The summed E-state index contributed by atoms with van der Waals surface area (Å²) in [6.07, 6.45) is 0. The Morgan fingerprint density at radius 3 is 2.83 bits per heavy atom. The first-order valence-corrected chi connectivity index (χ1v) is 6.16. The molecular weight excluding hydrogens is 228 g/mol. The van der Waals surface area contributed by atoms with E-state index in [0.717, 1.165) is 18.0 Å². The Morgan fingerprint density at radius 1 is 1.44 bits per heavy atom. The van der Waals surface area contributed by atoms with Crippen LogP contribution in [0, 0.1) is 5.92 Å². The van der Waals surface area contributed by atoms with Gasteiger partial charge in [0.2, 0.25) is 5.96 Å². The minimum atomic E-state index is 0.491. The van der Waals surface area contributed by atoms with Crippen LogP contribution < -0.4 is 21.3 Å². The lowest BCUT2D eigenvalue weighted by molar-refractivity contribution is 0.340. The third-order valence-electron chi connectivity index (χ3n) is 2.16. The molecule has 0 unspecified atom stereocenters. The molecule has 0 aliphatic heterocycles. The molecule has 100 valence electrons. The smallest absolute Gasteiger partial charge is 0.210 e. The van der Waals surface area contributed by atoms with E-state index in [1.807, 2.05) is 31.2 Å². The van der Waals surface area contributed by atoms with E-state index in [0.29, 0.717) is 18.5 Å². The number of nitrogens with one attached hydrogen (secondary N) is 2. The molecule has 0 atom stereocenters. The fourth-order valence-electron chi connectivity index (χ4n) is 1.36. The highest BCUT2D eigenvalue weighted by Gasteiger charge is 2.00. The summed E-state index contributed by atoms with van der Waals surface area (Å²) in [5.74, 6) is 7.29. The van der Waals surface area contributed by atoms with Crippen LogP contribution in [0.2, 0.25) is 0 Å². The highest BCUT2D eigenvalue weighted by Crippen LogP contribution is 2.17. The summed E-state index contributed by atoms with van der Waals surface area (Å²) >= 11 is 0. The summed E-state index contributed by atoms with van der Waals surface area (Å²) in [5.41, 5.74) is 3.45. The van der Waals surface area contributed by atoms with Gasteiger partial charge < -0.3 is 10.1 Å². The molecule has 0 aliphatic rings. The van der Waals surface area contributed by atoms with Crippen LogP contribution in [0.4, 0.5) is 5.69 Å². The first kappa shape index (κ1) is 14.3. The van der Waals surface area contributed by atoms with Gasteiger partial charge in [-0.25, -0.2) is 5.84 Å². The van der Waals surface area contributed by atoms with Gasteiger partial charge in [-0.3, -0.25) is 10.4 Å². The summed E-state index contributed by atoms with van der Waals surface area (Å²) in [6, 6.07) is 7.68. The third kappa shape index (κ3) is 5.05. The van der Waals surface area contributed by atoms with Gasteiger partial charge in [0.15, 0.2) is 0 Å². The van der Waals surface area contributed by atoms with Gasteiger partial charge in [0.05, 0.1) is 6.61 Å². The van der Waals surface area contributed by atoms with E-state index in [9.17, 15) is 0 Å². The summed E-state index contributed by atoms with van der Waals surface area (Å²) in [6.45, 7) is 7.53. The van der Waals surface area contributed by atoms with Gasteiger partial charge in [-0.2, -0.15) is 0 Å². The van der Waals surface area contributed by atoms with Crippen molar-refractivity contribution in [2.75, 3.05) is 18.5 Å². The summed E-state index contributed by atoms with van der Waals surface area (Å²) < 4.78 is 5.43. The molecule has 0 aliphatic carbocycles. The molecule has 0 aromatic heterocycles. The minimum absolute atomic E-state index is 0.491. The summed E-state index contributed by atoms with van der Waals surface area (Å²) in [5, 5.41) is 3.12. The lowest BCUT2D eigenvalue weighted by atomic mass is 10.2. The van der Waals surface area contributed by atoms with Crippen LogP contribution in [0.15, 0.2) is 29.3 Å². The van der Waals surface area contributed by atoms with E-state index >= 15 is 0 Å². The Labute approximate surface area is 108 Å². The van der Waals surface area contributed by atoms with E-state index in [2.05, 4.69) is 29.6 Å². The lowest BCUT2D eigenvalue weighted by Gasteiger charge is -2.11. The molecule has 0 heterocycles. The lowest BCUT2D eigenvalue weighted by Crippen LogP contribution is -2.36. The quantitative estimate of drug-likeness (QED) is 0.323. The van der Waals surface area contributed by atoms with Gasteiger partial charge in [-0.05, 0) is 25.0 Å². The molecule has 0 saturated heterocycles. The number of guanidine groups is 1. The van der Waals surface area contributed by atoms with Crippen molar-refractivity contribution in [1.29, 1.82) is 0 Å². The molecule has 0 amide bonds. The van der Waals surface area contributed by atoms with Crippen molar-refractivity contribution in [2.45, 2.75) is 20.8 Å². The molecule has 0 radical (unpaired) electrons. The van der Waals surface area contributed by atoms with Crippen molar-refractivity contribution >= 4 is 11.6 Å². The van der Waals surface area contributed by atoms with E-state index in [4.69, 9.17) is 10.6 Å². The molecule has 4 N–H and O–H groups in total. The number of anilines is 1. The van der Waals surface area contributed by atoms with E-state index in [1.54, 1.807) is 0 Å². The predicted molar refractivity (Wildman–Crippen MR) is 75.7 cm³/mol. The maximum Gasteiger partial charge on any atom is 0.210 e. The second kappa shape index (κ2) is 7.55. The number of hydrogen-bond donors (Lipinski definition) is 3. The molecular formula is C13H22N4O. The standard InChI is InChI=1S/C13H22N4O/c1-4-18-12-7-5-6-11(8-12)16-13(17-14)15-9-10(2)3/h5-8,10H,4,9,14H2,1-3H3,(H2,15,16,17). The fourth-order valence-corrected chi connectivity index (χ4v) is 1.36. The predicted octanol–water partition coefficient (Wildman–Crippen LogP) is 1.97. The molecule has 18 heavy (non-hydrogen) atoms.